The van der Waals surface area contributed by atoms with E-state index in [-0.39, 0.29) is 24.3 Å². The first-order valence-electron chi connectivity index (χ1n) is 12.7. The number of amides is 2. The first-order chi connectivity index (χ1) is 17.5. The number of benzene rings is 1. The number of hydrogen-bond donors (Lipinski definition) is 3. The van der Waals surface area contributed by atoms with Crippen molar-refractivity contribution < 1.29 is 14.0 Å². The lowest BCUT2D eigenvalue weighted by Crippen LogP contribution is -2.44. The topological polar surface area (TPSA) is 123 Å². The van der Waals surface area contributed by atoms with Gasteiger partial charge >= 0.3 is 0 Å². The van der Waals surface area contributed by atoms with E-state index < -0.39 is 6.04 Å². The average molecular weight is 491 g/mol. The van der Waals surface area contributed by atoms with Crippen LogP contribution in [0.2, 0.25) is 0 Å². The zero-order valence-corrected chi connectivity index (χ0v) is 20.8. The van der Waals surface area contributed by atoms with Gasteiger partial charge in [0.15, 0.2) is 6.19 Å². The van der Waals surface area contributed by atoms with Gasteiger partial charge in [-0.05, 0) is 82.1 Å². The van der Waals surface area contributed by atoms with Gasteiger partial charge in [-0.25, -0.2) is 4.99 Å². The number of carbonyl (C=O) groups excluding carboxylic acids is 2. The largest absolute Gasteiger partial charge is 0.461 e. The summed E-state index contributed by atoms with van der Waals surface area (Å²) in [6.45, 7) is 3.04. The van der Waals surface area contributed by atoms with Crippen LogP contribution >= 0.6 is 0 Å². The number of guanidine groups is 1. The Morgan fingerprint density at radius 1 is 1.25 bits per heavy atom. The fourth-order valence-electron chi connectivity index (χ4n) is 4.81. The van der Waals surface area contributed by atoms with E-state index in [9.17, 15) is 14.9 Å². The molecule has 2 aliphatic rings. The summed E-state index contributed by atoms with van der Waals surface area (Å²) in [5.74, 6) is 1.18. The highest BCUT2D eigenvalue weighted by Crippen LogP contribution is 2.23. The van der Waals surface area contributed by atoms with Gasteiger partial charge in [-0.3, -0.25) is 14.9 Å². The Hall–Kier alpha value is -3.80. The molecule has 0 bridgehead atoms. The minimum absolute atomic E-state index is 0.0241. The van der Waals surface area contributed by atoms with Crippen molar-refractivity contribution in [3.63, 3.8) is 0 Å². The van der Waals surface area contributed by atoms with E-state index in [1.807, 2.05) is 37.4 Å². The first kappa shape index (κ1) is 25.3. The number of hydrogen-bond acceptors (Lipinski definition) is 5. The van der Waals surface area contributed by atoms with Crippen molar-refractivity contribution in [1.82, 2.24) is 15.5 Å². The third-order valence-corrected chi connectivity index (χ3v) is 6.64. The quantitative estimate of drug-likeness (QED) is 0.178. The van der Waals surface area contributed by atoms with Crippen molar-refractivity contribution in [2.45, 2.75) is 57.9 Å². The number of aryl methyl sites for hydroxylation is 1. The summed E-state index contributed by atoms with van der Waals surface area (Å²) < 4.78 is 5.61. The second kappa shape index (κ2) is 12.2. The molecule has 4 rings (SSSR count). The Morgan fingerprint density at radius 3 is 2.94 bits per heavy atom. The fourth-order valence-corrected chi connectivity index (χ4v) is 4.81. The van der Waals surface area contributed by atoms with E-state index in [1.54, 1.807) is 4.90 Å². The van der Waals surface area contributed by atoms with E-state index in [0.717, 1.165) is 48.1 Å². The minimum Gasteiger partial charge on any atom is -0.461 e. The number of likely N-dealkylation sites (tertiary alicyclic amines) is 1. The van der Waals surface area contributed by atoms with E-state index in [1.165, 1.54) is 12.8 Å². The van der Waals surface area contributed by atoms with Crippen molar-refractivity contribution in [2.24, 2.45) is 10.9 Å². The molecular formula is C27H34N6O3. The number of nitrogens with zero attached hydrogens (tertiary/aromatic N) is 3. The molecule has 2 unspecified atom stereocenters. The number of nitriles is 1. The molecule has 1 aliphatic carbocycles. The van der Waals surface area contributed by atoms with Crippen LogP contribution in [-0.4, -0.2) is 48.3 Å². The molecule has 1 aromatic carbocycles. The highest BCUT2D eigenvalue weighted by Gasteiger charge is 2.28. The predicted octanol–water partition coefficient (Wildman–Crippen LogP) is 3.82. The maximum atomic E-state index is 13.3. The van der Waals surface area contributed by atoms with Crippen LogP contribution in [0.1, 0.15) is 50.7 Å². The Morgan fingerprint density at radius 2 is 2.14 bits per heavy atom. The third-order valence-electron chi connectivity index (χ3n) is 6.64. The monoisotopic (exact) mass is 490 g/mol. The summed E-state index contributed by atoms with van der Waals surface area (Å²) >= 11 is 0. The zero-order chi connectivity index (χ0) is 25.3. The molecule has 36 heavy (non-hydrogen) atoms. The normalized spacial score (nSPS) is 20.6. The number of fused-ring (bicyclic) bond motifs is 1. The van der Waals surface area contributed by atoms with Gasteiger partial charge in [0.1, 0.15) is 17.4 Å². The molecule has 2 heterocycles. The van der Waals surface area contributed by atoms with Crippen LogP contribution < -0.4 is 16.0 Å². The number of allylic oxidation sites excluding steroid dienone is 2. The van der Waals surface area contributed by atoms with E-state index in [4.69, 9.17) is 4.42 Å². The van der Waals surface area contributed by atoms with Crippen LogP contribution in [0.3, 0.4) is 0 Å². The number of anilines is 1. The average Bonchev–Trinajstić information content (AvgIpc) is 3.16. The lowest BCUT2D eigenvalue weighted by Gasteiger charge is -2.23. The molecule has 2 atom stereocenters. The summed E-state index contributed by atoms with van der Waals surface area (Å²) in [6, 6.07) is 6.83. The number of nitrogens with one attached hydrogen (secondary N) is 3. The van der Waals surface area contributed by atoms with Gasteiger partial charge in [0.25, 0.3) is 0 Å². The molecule has 1 aromatic heterocycles. The SMILES string of the molecule is Cc1cc2cc(NC(=NC3CCCCN(CC(=O)NCCC4C=CCCC4)C3=O)NC#N)ccc2o1. The van der Waals surface area contributed by atoms with E-state index in [2.05, 4.69) is 33.1 Å². The first-order valence-corrected chi connectivity index (χ1v) is 12.7. The molecule has 9 nitrogen and oxygen atoms in total. The maximum Gasteiger partial charge on any atom is 0.247 e. The molecule has 190 valence electrons. The highest BCUT2D eigenvalue weighted by atomic mass is 16.3. The molecular weight excluding hydrogens is 456 g/mol. The summed E-state index contributed by atoms with van der Waals surface area (Å²) in [6.07, 6.45) is 13.0. The minimum atomic E-state index is -0.670. The van der Waals surface area contributed by atoms with E-state index >= 15 is 0 Å². The second-order valence-corrected chi connectivity index (χ2v) is 9.48. The molecule has 1 aliphatic heterocycles. The Kier molecular flexibility index (Phi) is 8.61. The molecule has 9 heteroatoms. The summed E-state index contributed by atoms with van der Waals surface area (Å²) in [4.78, 5) is 31.9. The lowest BCUT2D eigenvalue weighted by molar-refractivity contribution is -0.136. The van der Waals surface area contributed by atoms with Gasteiger partial charge in [-0.15, -0.1) is 0 Å². The summed E-state index contributed by atoms with van der Waals surface area (Å²) in [5.41, 5.74) is 1.49. The van der Waals surface area contributed by atoms with Gasteiger partial charge in [-0.1, -0.05) is 12.2 Å². The molecule has 0 radical (unpaired) electrons. The molecule has 1 saturated heterocycles. The van der Waals surface area contributed by atoms with Crippen molar-refractivity contribution in [3.05, 3.63) is 42.2 Å². The highest BCUT2D eigenvalue weighted by molar-refractivity contribution is 5.98. The van der Waals surface area contributed by atoms with Crippen molar-refractivity contribution in [3.8, 4) is 6.19 Å². The van der Waals surface area contributed by atoms with Crippen LogP contribution in [0.4, 0.5) is 5.69 Å². The van der Waals surface area contributed by atoms with Gasteiger partial charge < -0.3 is 20.0 Å². The van der Waals surface area contributed by atoms with Crippen molar-refractivity contribution in [1.29, 1.82) is 5.26 Å². The predicted molar refractivity (Wildman–Crippen MR) is 139 cm³/mol. The number of rotatable bonds is 7. The van der Waals surface area contributed by atoms with Crippen LogP contribution in [0.15, 0.2) is 45.8 Å². The van der Waals surface area contributed by atoms with Gasteiger partial charge in [-0.2, -0.15) is 5.26 Å². The molecule has 1 fully saturated rings. The zero-order valence-electron chi connectivity index (χ0n) is 20.8. The number of furan rings is 1. The van der Waals surface area contributed by atoms with Crippen LogP contribution in [0.5, 0.6) is 0 Å². The molecule has 3 N–H and O–H groups in total. The Bertz CT molecular complexity index is 1180. The smallest absolute Gasteiger partial charge is 0.247 e. The van der Waals surface area contributed by atoms with Crippen LogP contribution in [0.25, 0.3) is 11.0 Å². The molecule has 0 saturated carbocycles. The lowest BCUT2D eigenvalue weighted by atomic mass is 9.93. The molecule has 2 amide bonds. The van der Waals surface area contributed by atoms with Crippen LogP contribution in [0, 0.1) is 24.3 Å². The fraction of sp³-hybridized carbons (Fsp3) is 0.481. The number of aliphatic imine (C=N–C) groups is 1. The number of carbonyl (C=O) groups is 2. The second-order valence-electron chi connectivity index (χ2n) is 9.48. The standard InChI is InChI=1S/C27H34N6O3/c1-19-15-21-16-22(10-11-24(21)36-19)31-27(30-18-28)32-23-9-5-6-14-33(26(23)35)17-25(34)29-13-12-20-7-3-2-4-8-20/h3,7,10-11,15-16,20,23H,2,4-6,8-9,12-14,17H2,1H3,(H,29,34)(H2,30,31,32). The van der Waals surface area contributed by atoms with Crippen molar-refractivity contribution in [2.75, 3.05) is 25.0 Å². The molecule has 0 spiro atoms. The third kappa shape index (κ3) is 6.87. The molecule has 2 aromatic rings. The maximum absolute atomic E-state index is 13.3. The Labute approximate surface area is 211 Å². The van der Waals surface area contributed by atoms with Gasteiger partial charge in [0, 0.05) is 24.2 Å². The summed E-state index contributed by atoms with van der Waals surface area (Å²) in [7, 11) is 0. The van der Waals surface area contributed by atoms with Crippen molar-refractivity contribution >= 4 is 34.4 Å². The van der Waals surface area contributed by atoms with E-state index in [0.29, 0.717) is 25.4 Å². The van der Waals surface area contributed by atoms with Crippen LogP contribution in [-0.2, 0) is 9.59 Å². The van der Waals surface area contributed by atoms with Gasteiger partial charge in [0.2, 0.25) is 17.8 Å². The Balaban J connectivity index is 1.37. The van der Waals surface area contributed by atoms with Gasteiger partial charge in [0.05, 0.1) is 6.54 Å². The summed E-state index contributed by atoms with van der Waals surface area (Å²) in [5, 5.41) is 18.8.